The highest BCUT2D eigenvalue weighted by Gasteiger charge is 2.38. The van der Waals surface area contributed by atoms with Gasteiger partial charge >= 0.3 is 6.18 Å². The second-order valence-corrected chi connectivity index (χ2v) is 5.66. The summed E-state index contributed by atoms with van der Waals surface area (Å²) in [6.45, 7) is 4.35. The largest absolute Gasteiger partial charge is 0.389 e. The van der Waals surface area contributed by atoms with Crippen LogP contribution >= 0.6 is 0 Å². The van der Waals surface area contributed by atoms with Crippen molar-refractivity contribution in [3.8, 4) is 0 Å². The minimum absolute atomic E-state index is 0.0696. The lowest BCUT2D eigenvalue weighted by molar-refractivity contribution is -0.135. The minimum Gasteiger partial charge on any atom is -0.327 e. The maximum Gasteiger partial charge on any atom is 0.389 e. The maximum atomic E-state index is 12.0. The van der Waals surface area contributed by atoms with E-state index in [0.29, 0.717) is 12.3 Å². The topological polar surface area (TPSA) is 26.0 Å². The molecular weight excluding hydrogens is 215 g/mol. The highest BCUT2D eigenvalue weighted by molar-refractivity contribution is 4.90. The molecule has 1 rings (SSSR count). The minimum atomic E-state index is -4.04. The zero-order chi connectivity index (χ0) is 12.4. The lowest BCUT2D eigenvalue weighted by Gasteiger charge is -2.32. The van der Waals surface area contributed by atoms with Gasteiger partial charge in [-0.25, -0.2) is 0 Å². The third-order valence-corrected chi connectivity index (χ3v) is 3.85. The van der Waals surface area contributed by atoms with Gasteiger partial charge in [0.15, 0.2) is 0 Å². The Morgan fingerprint density at radius 3 is 2.44 bits per heavy atom. The van der Waals surface area contributed by atoms with E-state index >= 15 is 0 Å². The van der Waals surface area contributed by atoms with Crippen molar-refractivity contribution in [2.45, 2.75) is 64.6 Å². The Labute approximate surface area is 95.6 Å². The smallest absolute Gasteiger partial charge is 0.327 e. The van der Waals surface area contributed by atoms with Crippen LogP contribution in [0.4, 0.5) is 13.2 Å². The number of alkyl halides is 3. The van der Waals surface area contributed by atoms with Crippen molar-refractivity contribution in [2.75, 3.05) is 0 Å². The van der Waals surface area contributed by atoms with Gasteiger partial charge in [0.1, 0.15) is 0 Å². The Bertz CT molecular complexity index is 223. The number of nitrogens with two attached hydrogens (primary N) is 1. The molecular formula is C12H22F3N. The number of hydrogen-bond acceptors (Lipinski definition) is 1. The normalized spacial score (nSPS) is 27.0. The van der Waals surface area contributed by atoms with E-state index in [1.165, 1.54) is 0 Å². The molecule has 2 atom stereocenters. The Hall–Kier alpha value is -0.250. The van der Waals surface area contributed by atoms with E-state index in [2.05, 4.69) is 13.8 Å². The average molecular weight is 237 g/mol. The molecule has 16 heavy (non-hydrogen) atoms. The fraction of sp³-hybridized carbons (Fsp3) is 1.00. The van der Waals surface area contributed by atoms with Crippen molar-refractivity contribution in [1.82, 2.24) is 0 Å². The van der Waals surface area contributed by atoms with Gasteiger partial charge in [-0.15, -0.1) is 0 Å². The summed E-state index contributed by atoms with van der Waals surface area (Å²) in [6.07, 6.45) is -0.709. The van der Waals surface area contributed by atoms with Gasteiger partial charge in [0.25, 0.3) is 0 Å². The lowest BCUT2D eigenvalue weighted by atomic mass is 9.76. The summed E-state index contributed by atoms with van der Waals surface area (Å²) in [5.74, 6) is 0.390. The van der Waals surface area contributed by atoms with Gasteiger partial charge in [-0.05, 0) is 37.0 Å². The Balaban J connectivity index is 2.33. The fourth-order valence-electron chi connectivity index (χ4n) is 2.89. The van der Waals surface area contributed by atoms with E-state index in [4.69, 9.17) is 5.73 Å². The first-order valence-corrected chi connectivity index (χ1v) is 6.05. The van der Waals surface area contributed by atoms with Crippen LogP contribution in [0.3, 0.4) is 0 Å². The second kappa shape index (κ2) is 4.94. The van der Waals surface area contributed by atoms with E-state index in [-0.39, 0.29) is 17.9 Å². The number of hydrogen-bond donors (Lipinski definition) is 1. The molecule has 0 aliphatic heterocycles. The SMILES string of the molecule is CC1(C)CCCC1C(N)CCCC(F)(F)F. The predicted octanol–water partition coefficient (Wildman–Crippen LogP) is 3.87. The fourth-order valence-corrected chi connectivity index (χ4v) is 2.89. The van der Waals surface area contributed by atoms with Crippen LogP contribution in [-0.4, -0.2) is 12.2 Å². The molecule has 0 aromatic rings. The first kappa shape index (κ1) is 13.8. The van der Waals surface area contributed by atoms with Crippen LogP contribution in [0.2, 0.25) is 0 Å². The zero-order valence-electron chi connectivity index (χ0n) is 10.1. The first-order chi connectivity index (χ1) is 7.22. The molecule has 0 amide bonds. The standard InChI is InChI=1S/C12H22F3N/c1-11(2)7-3-5-9(11)10(16)6-4-8-12(13,14)15/h9-10H,3-8,16H2,1-2H3. The van der Waals surface area contributed by atoms with Crippen LogP contribution in [0.1, 0.15) is 52.4 Å². The second-order valence-electron chi connectivity index (χ2n) is 5.66. The maximum absolute atomic E-state index is 12.0. The van der Waals surface area contributed by atoms with E-state index in [1.807, 2.05) is 0 Å². The van der Waals surface area contributed by atoms with Crippen LogP contribution in [-0.2, 0) is 0 Å². The summed E-state index contributed by atoms with van der Waals surface area (Å²) >= 11 is 0. The molecule has 2 unspecified atom stereocenters. The van der Waals surface area contributed by atoms with Crippen molar-refractivity contribution in [1.29, 1.82) is 0 Å². The zero-order valence-corrected chi connectivity index (χ0v) is 10.1. The van der Waals surface area contributed by atoms with Gasteiger partial charge in [0.05, 0.1) is 0 Å². The summed E-state index contributed by atoms with van der Waals surface area (Å²) in [6, 6.07) is -0.0696. The quantitative estimate of drug-likeness (QED) is 0.789. The van der Waals surface area contributed by atoms with Gasteiger partial charge in [-0.3, -0.25) is 0 Å². The third kappa shape index (κ3) is 3.96. The molecule has 4 heteroatoms. The van der Waals surface area contributed by atoms with Crippen LogP contribution in [0.5, 0.6) is 0 Å². The van der Waals surface area contributed by atoms with Crippen LogP contribution in [0.15, 0.2) is 0 Å². The average Bonchev–Trinajstić information content (AvgIpc) is 2.42. The Kier molecular flexibility index (Phi) is 4.27. The molecule has 0 heterocycles. The van der Waals surface area contributed by atoms with E-state index < -0.39 is 12.6 Å². The predicted molar refractivity (Wildman–Crippen MR) is 59.0 cm³/mol. The van der Waals surface area contributed by atoms with Gasteiger partial charge in [0.2, 0.25) is 0 Å². The molecule has 96 valence electrons. The highest BCUT2D eigenvalue weighted by Crippen LogP contribution is 2.44. The molecule has 1 nitrogen and oxygen atoms in total. The van der Waals surface area contributed by atoms with Crippen molar-refractivity contribution >= 4 is 0 Å². The summed E-state index contributed by atoms with van der Waals surface area (Å²) in [5.41, 5.74) is 6.22. The van der Waals surface area contributed by atoms with E-state index in [9.17, 15) is 13.2 Å². The summed E-state index contributed by atoms with van der Waals surface area (Å²) in [4.78, 5) is 0. The molecule has 0 radical (unpaired) electrons. The summed E-state index contributed by atoms with van der Waals surface area (Å²) in [5, 5.41) is 0. The van der Waals surface area contributed by atoms with E-state index in [1.54, 1.807) is 0 Å². The van der Waals surface area contributed by atoms with Crippen LogP contribution in [0, 0.1) is 11.3 Å². The molecule has 1 saturated carbocycles. The Morgan fingerprint density at radius 2 is 2.00 bits per heavy atom. The molecule has 2 N–H and O–H groups in total. The molecule has 1 fully saturated rings. The Morgan fingerprint density at radius 1 is 1.38 bits per heavy atom. The monoisotopic (exact) mass is 237 g/mol. The molecule has 0 saturated heterocycles. The van der Waals surface area contributed by atoms with Crippen molar-refractivity contribution in [2.24, 2.45) is 17.1 Å². The van der Waals surface area contributed by atoms with Crippen molar-refractivity contribution in [3.05, 3.63) is 0 Å². The third-order valence-electron chi connectivity index (χ3n) is 3.85. The van der Waals surface area contributed by atoms with Gasteiger partial charge in [-0.1, -0.05) is 20.3 Å². The summed E-state index contributed by atoms with van der Waals surface area (Å²) in [7, 11) is 0. The van der Waals surface area contributed by atoms with Gasteiger partial charge in [-0.2, -0.15) is 13.2 Å². The molecule has 0 spiro atoms. The lowest BCUT2D eigenvalue weighted by Crippen LogP contribution is -2.36. The molecule has 0 aromatic heterocycles. The van der Waals surface area contributed by atoms with Gasteiger partial charge in [0, 0.05) is 12.5 Å². The van der Waals surface area contributed by atoms with Crippen LogP contribution < -0.4 is 5.73 Å². The first-order valence-electron chi connectivity index (χ1n) is 6.05. The number of halogens is 3. The van der Waals surface area contributed by atoms with Crippen LogP contribution in [0.25, 0.3) is 0 Å². The molecule has 0 bridgehead atoms. The highest BCUT2D eigenvalue weighted by atomic mass is 19.4. The van der Waals surface area contributed by atoms with E-state index in [0.717, 1.165) is 19.3 Å². The van der Waals surface area contributed by atoms with Crippen molar-refractivity contribution < 1.29 is 13.2 Å². The molecule has 1 aliphatic carbocycles. The molecule has 1 aliphatic rings. The van der Waals surface area contributed by atoms with Gasteiger partial charge < -0.3 is 5.73 Å². The van der Waals surface area contributed by atoms with Crippen molar-refractivity contribution in [3.63, 3.8) is 0 Å². The summed E-state index contributed by atoms with van der Waals surface area (Å²) < 4.78 is 36.0. The number of rotatable bonds is 4. The molecule has 0 aromatic carbocycles.